The maximum atomic E-state index is 13.8. The van der Waals surface area contributed by atoms with Gasteiger partial charge >= 0.3 is 17.7 Å². The van der Waals surface area contributed by atoms with E-state index in [2.05, 4.69) is 5.32 Å². The molecular weight excluding hydrogens is 474 g/mol. The topological polar surface area (TPSA) is 55.4 Å². The zero-order valence-electron chi connectivity index (χ0n) is 12.2. The lowest BCUT2D eigenvalue weighted by molar-refractivity contribution is -0.251. The predicted molar refractivity (Wildman–Crippen MR) is 92.4 cm³/mol. The van der Waals surface area contributed by atoms with Gasteiger partial charge in [-0.25, -0.2) is 4.79 Å². The van der Waals surface area contributed by atoms with Crippen LogP contribution >= 0.6 is 34.2 Å². The Kier molecular flexibility index (Phi) is 4.44. The average molecular weight is 482 g/mol. The molecule has 1 amide bonds. The van der Waals surface area contributed by atoms with Crippen LogP contribution in [0.2, 0.25) is 5.02 Å². The molecule has 1 N–H and O–H groups in total. The van der Waals surface area contributed by atoms with Gasteiger partial charge in [0, 0.05) is 14.2 Å². The molecule has 0 saturated heterocycles. The van der Waals surface area contributed by atoms with E-state index in [0.29, 0.717) is 0 Å². The SMILES string of the molecule is O=C(O[C@@]1(C(F)(F)F)C(=O)Nc2cc(Cl)ccc21)c1ccc(I)cc1. The van der Waals surface area contributed by atoms with Crippen molar-refractivity contribution in [1.29, 1.82) is 0 Å². The van der Waals surface area contributed by atoms with Crippen molar-refractivity contribution in [1.82, 2.24) is 0 Å². The first kappa shape index (κ1) is 18.0. The molecule has 9 heteroatoms. The van der Waals surface area contributed by atoms with Crippen LogP contribution in [0.5, 0.6) is 0 Å². The molecule has 0 fully saturated rings. The van der Waals surface area contributed by atoms with Gasteiger partial charge in [-0.3, -0.25) is 4.79 Å². The van der Waals surface area contributed by atoms with Gasteiger partial charge in [0.05, 0.1) is 11.3 Å². The molecule has 1 heterocycles. The van der Waals surface area contributed by atoms with Gasteiger partial charge in [0.25, 0.3) is 5.91 Å². The molecule has 1 aliphatic heterocycles. The molecule has 0 bridgehead atoms. The van der Waals surface area contributed by atoms with E-state index in [1.807, 2.05) is 22.6 Å². The van der Waals surface area contributed by atoms with Crippen LogP contribution in [0.3, 0.4) is 0 Å². The van der Waals surface area contributed by atoms with Crippen molar-refractivity contribution in [3.05, 3.63) is 62.2 Å². The maximum Gasteiger partial charge on any atom is 0.442 e. The highest BCUT2D eigenvalue weighted by Gasteiger charge is 2.68. The van der Waals surface area contributed by atoms with E-state index in [4.69, 9.17) is 16.3 Å². The third kappa shape index (κ3) is 2.97. The van der Waals surface area contributed by atoms with Crippen molar-refractivity contribution in [2.75, 3.05) is 5.32 Å². The summed E-state index contributed by atoms with van der Waals surface area (Å²) in [6, 6.07) is 9.11. The van der Waals surface area contributed by atoms with Crippen LogP contribution in [-0.4, -0.2) is 18.1 Å². The van der Waals surface area contributed by atoms with E-state index < -0.39 is 29.2 Å². The molecule has 1 atom stereocenters. The zero-order chi connectivity index (χ0) is 18.4. The minimum absolute atomic E-state index is 0.0979. The Labute approximate surface area is 158 Å². The first-order valence-corrected chi connectivity index (χ1v) is 8.28. The molecule has 0 radical (unpaired) electrons. The largest absolute Gasteiger partial charge is 0.442 e. The number of anilines is 1. The number of ether oxygens (including phenoxy) is 1. The Morgan fingerprint density at radius 1 is 1.16 bits per heavy atom. The fourth-order valence-corrected chi connectivity index (χ4v) is 3.02. The summed E-state index contributed by atoms with van der Waals surface area (Å²) in [7, 11) is 0. The number of benzene rings is 2. The predicted octanol–water partition coefficient (Wildman–Crippen LogP) is 4.51. The maximum absolute atomic E-state index is 13.8. The van der Waals surface area contributed by atoms with Gasteiger partial charge < -0.3 is 10.1 Å². The first-order valence-electron chi connectivity index (χ1n) is 6.82. The highest BCUT2D eigenvalue weighted by atomic mass is 127. The summed E-state index contributed by atoms with van der Waals surface area (Å²) in [5.74, 6) is -2.75. The third-order valence-corrected chi connectivity index (χ3v) is 4.61. The van der Waals surface area contributed by atoms with Crippen LogP contribution in [0, 0.1) is 3.57 Å². The lowest BCUT2D eigenvalue weighted by Crippen LogP contribution is -2.51. The van der Waals surface area contributed by atoms with Gasteiger partial charge in [-0.2, -0.15) is 13.2 Å². The minimum Gasteiger partial charge on any atom is -0.430 e. The fraction of sp³-hybridized carbons (Fsp3) is 0.125. The van der Waals surface area contributed by atoms with E-state index in [9.17, 15) is 22.8 Å². The number of hydrogen-bond acceptors (Lipinski definition) is 3. The van der Waals surface area contributed by atoms with Crippen LogP contribution in [0.4, 0.5) is 18.9 Å². The first-order chi connectivity index (χ1) is 11.6. The minimum atomic E-state index is -5.16. The molecule has 25 heavy (non-hydrogen) atoms. The van der Waals surface area contributed by atoms with Crippen LogP contribution in [0.25, 0.3) is 0 Å². The molecule has 2 aromatic rings. The second-order valence-electron chi connectivity index (χ2n) is 5.22. The molecule has 130 valence electrons. The monoisotopic (exact) mass is 481 g/mol. The van der Waals surface area contributed by atoms with Gasteiger partial charge in [0.15, 0.2) is 0 Å². The van der Waals surface area contributed by atoms with Gasteiger partial charge in [-0.05, 0) is 59.0 Å². The molecule has 1 aliphatic rings. The smallest absolute Gasteiger partial charge is 0.430 e. The molecule has 4 nitrogen and oxygen atoms in total. The molecule has 0 aromatic heterocycles. The van der Waals surface area contributed by atoms with Crippen LogP contribution in [-0.2, 0) is 15.1 Å². The third-order valence-electron chi connectivity index (χ3n) is 3.65. The van der Waals surface area contributed by atoms with Crippen molar-refractivity contribution >= 4 is 51.8 Å². The van der Waals surface area contributed by atoms with Crippen LogP contribution in [0.15, 0.2) is 42.5 Å². The molecule has 0 saturated carbocycles. The summed E-state index contributed by atoms with van der Waals surface area (Å²) >= 11 is 7.74. The molecular formula is C16H8ClF3INO3. The Hall–Kier alpha value is -1.81. The second-order valence-corrected chi connectivity index (χ2v) is 6.90. The summed E-state index contributed by atoms with van der Waals surface area (Å²) in [6.07, 6.45) is -5.16. The number of halogens is 5. The van der Waals surface area contributed by atoms with Crippen LogP contribution < -0.4 is 5.32 Å². The van der Waals surface area contributed by atoms with Crippen LogP contribution in [0.1, 0.15) is 15.9 Å². The van der Waals surface area contributed by atoms with E-state index in [-0.39, 0.29) is 16.3 Å². The lowest BCUT2D eigenvalue weighted by atomic mass is 9.94. The van der Waals surface area contributed by atoms with E-state index in [1.165, 1.54) is 24.3 Å². The number of alkyl halides is 3. The average Bonchev–Trinajstić information content (AvgIpc) is 2.79. The number of amides is 1. The van der Waals surface area contributed by atoms with Crippen molar-refractivity contribution in [3.8, 4) is 0 Å². The summed E-state index contributed by atoms with van der Waals surface area (Å²) in [5, 5.41) is 2.22. The lowest BCUT2D eigenvalue weighted by Gasteiger charge is -2.29. The molecule has 0 unspecified atom stereocenters. The Bertz CT molecular complexity index is 870. The Morgan fingerprint density at radius 2 is 1.80 bits per heavy atom. The summed E-state index contributed by atoms with van der Waals surface area (Å²) in [6.45, 7) is 0. The number of nitrogens with one attached hydrogen (secondary N) is 1. The van der Waals surface area contributed by atoms with Crippen molar-refractivity contribution in [2.45, 2.75) is 11.8 Å². The van der Waals surface area contributed by atoms with Crippen molar-refractivity contribution in [3.63, 3.8) is 0 Å². The van der Waals surface area contributed by atoms with Gasteiger partial charge in [0.2, 0.25) is 0 Å². The molecule has 2 aromatic carbocycles. The second kappa shape index (κ2) is 6.17. The number of fused-ring (bicyclic) bond motifs is 1. The summed E-state index contributed by atoms with van der Waals surface area (Å²) in [5.41, 5.74) is -4.18. The van der Waals surface area contributed by atoms with Gasteiger partial charge in [-0.1, -0.05) is 17.7 Å². The molecule has 3 rings (SSSR count). The highest BCUT2D eigenvalue weighted by molar-refractivity contribution is 14.1. The zero-order valence-corrected chi connectivity index (χ0v) is 15.1. The van der Waals surface area contributed by atoms with Gasteiger partial charge in [-0.15, -0.1) is 0 Å². The van der Waals surface area contributed by atoms with Crippen molar-refractivity contribution < 1.29 is 27.5 Å². The molecule has 0 spiro atoms. The molecule has 0 aliphatic carbocycles. The van der Waals surface area contributed by atoms with Gasteiger partial charge in [0.1, 0.15) is 0 Å². The van der Waals surface area contributed by atoms with Crippen molar-refractivity contribution in [2.24, 2.45) is 0 Å². The normalized spacial score (nSPS) is 19.3. The van der Waals surface area contributed by atoms with E-state index in [0.717, 1.165) is 9.64 Å². The Balaban J connectivity index is 2.09. The number of esters is 1. The standard InChI is InChI=1S/C16H8ClF3INO3/c17-9-3-6-11-12(7-9)22-14(24)15(11,16(18,19)20)25-13(23)8-1-4-10(21)5-2-8/h1-7H,(H,22,24)/t15-/m1/s1. The van der Waals surface area contributed by atoms with E-state index >= 15 is 0 Å². The number of carbonyl (C=O) groups is 2. The Morgan fingerprint density at radius 3 is 2.40 bits per heavy atom. The quantitative estimate of drug-likeness (QED) is 0.507. The highest BCUT2D eigenvalue weighted by Crippen LogP contribution is 2.50. The summed E-state index contributed by atoms with van der Waals surface area (Å²) < 4.78 is 47.0. The fourth-order valence-electron chi connectivity index (χ4n) is 2.48. The summed E-state index contributed by atoms with van der Waals surface area (Å²) in [4.78, 5) is 24.4. The number of rotatable bonds is 2. The van der Waals surface area contributed by atoms with E-state index in [1.54, 1.807) is 12.1 Å². The number of hydrogen-bond donors (Lipinski definition) is 1. The number of carbonyl (C=O) groups excluding carboxylic acids is 2.